The second kappa shape index (κ2) is 10.6. The summed E-state index contributed by atoms with van der Waals surface area (Å²) in [5.74, 6) is 2.58. The number of nitrogens with one attached hydrogen (secondary N) is 2. The Morgan fingerprint density at radius 1 is 0.944 bits per heavy atom. The van der Waals surface area contributed by atoms with E-state index in [1.54, 1.807) is 42.7 Å². The maximum Gasteiger partial charge on any atom is 0.223 e. The molecule has 0 aliphatic heterocycles. The minimum atomic E-state index is -0.404. The summed E-state index contributed by atoms with van der Waals surface area (Å²) in [6.07, 6.45) is 16.5. The molecule has 0 saturated heterocycles. The number of benzene rings is 1. The number of ether oxygens (including phenoxy) is 1. The predicted octanol–water partition coefficient (Wildman–Crippen LogP) is 7.46. The van der Waals surface area contributed by atoms with Crippen molar-refractivity contribution in [3.05, 3.63) is 54.7 Å². The Bertz CT molecular complexity index is 1200. The monoisotopic (exact) mass is 505 g/mol. The maximum atomic E-state index is 15.0. The molecule has 3 aliphatic rings. The van der Waals surface area contributed by atoms with Gasteiger partial charge in [-0.15, -0.1) is 0 Å². The number of hydrogen-bond donors (Lipinski definition) is 2. The van der Waals surface area contributed by atoms with Gasteiger partial charge >= 0.3 is 0 Å². The van der Waals surface area contributed by atoms with Gasteiger partial charge in [-0.2, -0.15) is 0 Å². The minimum absolute atomic E-state index is 0.174. The molecule has 0 radical (unpaired) electrons. The van der Waals surface area contributed by atoms with Gasteiger partial charge < -0.3 is 14.8 Å². The highest BCUT2D eigenvalue weighted by molar-refractivity contribution is 8.01. The van der Waals surface area contributed by atoms with Crippen LogP contribution >= 0.6 is 11.9 Å². The lowest BCUT2D eigenvalue weighted by Crippen LogP contribution is -2.23. The van der Waals surface area contributed by atoms with Crippen LogP contribution in [0.15, 0.2) is 48.9 Å². The number of pyridine rings is 1. The molecule has 3 unspecified atom stereocenters. The Hall–Kier alpha value is -2.87. The number of rotatable bonds is 8. The molecule has 188 valence electrons. The first-order chi connectivity index (χ1) is 17.7. The average molecular weight is 506 g/mol. The first kappa shape index (κ1) is 23.5. The van der Waals surface area contributed by atoms with Crippen LogP contribution in [0.2, 0.25) is 0 Å². The SMILES string of the molecule is Fc1cc(NSC2CC3CCC2C3)ccc1Oc1ccncc1-c1ccnc(NC2CCCCC2)n1. The first-order valence-electron chi connectivity index (χ1n) is 13.1. The summed E-state index contributed by atoms with van der Waals surface area (Å²) in [6.45, 7) is 0. The fraction of sp³-hybridized carbons (Fsp3) is 0.464. The summed E-state index contributed by atoms with van der Waals surface area (Å²) in [6, 6.07) is 9.03. The molecule has 1 aromatic carbocycles. The number of aromatic nitrogens is 3. The Morgan fingerprint density at radius 2 is 1.86 bits per heavy atom. The molecule has 3 atom stereocenters. The molecule has 6 nitrogen and oxygen atoms in total. The van der Waals surface area contributed by atoms with E-state index < -0.39 is 5.82 Å². The topological polar surface area (TPSA) is 72.0 Å². The zero-order valence-electron chi connectivity index (χ0n) is 20.3. The Labute approximate surface area is 216 Å². The van der Waals surface area contributed by atoms with Crippen LogP contribution in [0.3, 0.4) is 0 Å². The van der Waals surface area contributed by atoms with E-state index in [2.05, 4.69) is 20.0 Å². The van der Waals surface area contributed by atoms with Crippen molar-refractivity contribution in [2.24, 2.45) is 11.8 Å². The molecule has 2 heterocycles. The van der Waals surface area contributed by atoms with Crippen LogP contribution in [0.25, 0.3) is 11.3 Å². The van der Waals surface area contributed by atoms with Crippen LogP contribution in [-0.4, -0.2) is 26.2 Å². The van der Waals surface area contributed by atoms with E-state index in [9.17, 15) is 0 Å². The average Bonchev–Trinajstić information content (AvgIpc) is 3.54. The van der Waals surface area contributed by atoms with E-state index >= 15 is 4.39 Å². The van der Waals surface area contributed by atoms with Crippen molar-refractivity contribution in [3.8, 4) is 22.8 Å². The second-order valence-corrected chi connectivity index (χ2v) is 11.3. The normalized spacial score (nSPS) is 23.5. The molecule has 2 aromatic heterocycles. The van der Waals surface area contributed by atoms with Crippen LogP contribution in [0, 0.1) is 17.7 Å². The molecule has 3 aromatic rings. The summed E-state index contributed by atoms with van der Waals surface area (Å²) in [4.78, 5) is 13.4. The molecule has 2 N–H and O–H groups in total. The van der Waals surface area contributed by atoms with Gasteiger partial charge in [0.1, 0.15) is 5.75 Å². The first-order valence-corrected chi connectivity index (χ1v) is 14.0. The fourth-order valence-corrected chi connectivity index (χ4v) is 7.13. The third kappa shape index (κ3) is 5.28. The number of anilines is 2. The zero-order chi connectivity index (χ0) is 24.3. The smallest absolute Gasteiger partial charge is 0.223 e. The van der Waals surface area contributed by atoms with E-state index in [4.69, 9.17) is 9.72 Å². The molecular weight excluding hydrogens is 473 g/mol. The van der Waals surface area contributed by atoms with Crippen molar-refractivity contribution < 1.29 is 9.13 Å². The van der Waals surface area contributed by atoms with E-state index in [-0.39, 0.29) is 5.75 Å². The summed E-state index contributed by atoms with van der Waals surface area (Å²) in [5.41, 5.74) is 2.14. The van der Waals surface area contributed by atoms with Crippen LogP contribution in [-0.2, 0) is 0 Å². The molecule has 36 heavy (non-hydrogen) atoms. The molecule has 6 rings (SSSR count). The number of nitrogens with zero attached hydrogens (tertiary/aromatic N) is 3. The van der Waals surface area contributed by atoms with Crippen molar-refractivity contribution in [3.63, 3.8) is 0 Å². The number of fused-ring (bicyclic) bond motifs is 2. The third-order valence-corrected chi connectivity index (χ3v) is 9.04. The van der Waals surface area contributed by atoms with Crippen molar-refractivity contribution in [1.29, 1.82) is 0 Å². The predicted molar refractivity (Wildman–Crippen MR) is 143 cm³/mol. The summed E-state index contributed by atoms with van der Waals surface area (Å²) < 4.78 is 24.4. The summed E-state index contributed by atoms with van der Waals surface area (Å²) in [5, 5.41) is 4.10. The molecule has 3 saturated carbocycles. The van der Waals surface area contributed by atoms with Gasteiger partial charge in [-0.1, -0.05) is 25.7 Å². The third-order valence-electron chi connectivity index (χ3n) is 7.80. The number of halogens is 1. The lowest BCUT2D eigenvalue weighted by Gasteiger charge is -2.22. The highest BCUT2D eigenvalue weighted by Gasteiger charge is 2.39. The summed E-state index contributed by atoms with van der Waals surface area (Å²) in [7, 11) is 0. The lowest BCUT2D eigenvalue weighted by atomic mass is 9.96. The summed E-state index contributed by atoms with van der Waals surface area (Å²) >= 11 is 1.75. The zero-order valence-corrected chi connectivity index (χ0v) is 21.1. The van der Waals surface area contributed by atoms with Gasteiger partial charge in [-0.05, 0) is 80.2 Å². The Kier molecular flexibility index (Phi) is 6.94. The second-order valence-electron chi connectivity index (χ2n) is 10.3. The molecule has 3 aliphatic carbocycles. The molecule has 0 amide bonds. The Morgan fingerprint density at radius 3 is 2.67 bits per heavy atom. The van der Waals surface area contributed by atoms with Gasteiger partial charge in [0.25, 0.3) is 0 Å². The largest absolute Gasteiger partial charge is 0.453 e. The number of hydrogen-bond acceptors (Lipinski definition) is 7. The quantitative estimate of drug-likeness (QED) is 0.308. The molecular formula is C28H32FN5OS. The van der Waals surface area contributed by atoms with Gasteiger partial charge in [0.2, 0.25) is 5.95 Å². The van der Waals surface area contributed by atoms with Gasteiger partial charge in [0, 0.05) is 41.6 Å². The van der Waals surface area contributed by atoms with Crippen LogP contribution in [0.5, 0.6) is 11.5 Å². The van der Waals surface area contributed by atoms with Crippen molar-refractivity contribution in [2.75, 3.05) is 10.0 Å². The van der Waals surface area contributed by atoms with Crippen LogP contribution in [0.4, 0.5) is 16.0 Å². The maximum absolute atomic E-state index is 15.0. The van der Waals surface area contributed by atoms with Crippen LogP contribution < -0.4 is 14.8 Å². The van der Waals surface area contributed by atoms with Gasteiger partial charge in [-0.3, -0.25) is 4.98 Å². The lowest BCUT2D eigenvalue weighted by molar-refractivity contribution is 0.443. The standard InChI is InChI=1S/C28H32FN5OS/c29-23-16-21(34-36-27-15-18-6-7-19(27)14-18)8-9-26(23)35-25-11-12-30-17-22(25)24-10-13-31-28(33-24)32-20-4-2-1-3-5-20/h8-13,16-20,27,34H,1-7,14-15H2,(H,31,32,33). The molecule has 2 bridgehead atoms. The molecule has 8 heteroatoms. The van der Waals surface area contributed by atoms with Crippen molar-refractivity contribution >= 4 is 23.6 Å². The van der Waals surface area contributed by atoms with Crippen LogP contribution in [0.1, 0.15) is 57.8 Å². The van der Waals surface area contributed by atoms with E-state index in [1.807, 2.05) is 12.1 Å². The van der Waals surface area contributed by atoms with Gasteiger partial charge in [0.05, 0.1) is 11.3 Å². The van der Waals surface area contributed by atoms with Crippen molar-refractivity contribution in [2.45, 2.75) is 69.1 Å². The van der Waals surface area contributed by atoms with Gasteiger partial charge in [0.15, 0.2) is 11.6 Å². The minimum Gasteiger partial charge on any atom is -0.453 e. The van der Waals surface area contributed by atoms with Gasteiger partial charge in [-0.25, -0.2) is 14.4 Å². The fourth-order valence-electron chi connectivity index (χ4n) is 5.91. The molecule has 0 spiro atoms. The van der Waals surface area contributed by atoms with E-state index in [1.165, 1.54) is 51.0 Å². The Balaban J connectivity index is 1.14. The van der Waals surface area contributed by atoms with E-state index in [0.29, 0.717) is 34.2 Å². The molecule has 3 fully saturated rings. The highest BCUT2D eigenvalue weighted by Crippen LogP contribution is 2.49. The van der Waals surface area contributed by atoms with Crippen molar-refractivity contribution in [1.82, 2.24) is 15.0 Å². The van der Waals surface area contributed by atoms with E-state index in [0.717, 1.165) is 30.4 Å². The highest BCUT2D eigenvalue weighted by atomic mass is 32.2.